The van der Waals surface area contributed by atoms with Gasteiger partial charge in [0.05, 0.1) is 29.8 Å². The fourth-order valence-corrected chi connectivity index (χ4v) is 5.81. The summed E-state index contributed by atoms with van der Waals surface area (Å²) < 4.78 is 26.6. The molecule has 3 aromatic heterocycles. The Kier molecular flexibility index (Phi) is 6.41. The Hall–Kier alpha value is -3.99. The van der Waals surface area contributed by atoms with E-state index < -0.39 is 5.92 Å². The fraction of sp³-hybridized carbons (Fsp3) is 0.433. The predicted octanol–water partition coefficient (Wildman–Crippen LogP) is 4.08. The Balaban J connectivity index is 1.03. The molecule has 1 amide bonds. The molecule has 4 aromatic rings. The molecule has 1 unspecified atom stereocenters. The van der Waals surface area contributed by atoms with Crippen molar-refractivity contribution in [1.82, 2.24) is 34.7 Å². The third-order valence-corrected chi connectivity index (χ3v) is 8.42. The van der Waals surface area contributed by atoms with Crippen molar-refractivity contribution in [2.45, 2.75) is 38.2 Å². The number of benzene rings is 1. The molecular formula is C30H32F2N8O. The van der Waals surface area contributed by atoms with E-state index in [0.29, 0.717) is 23.8 Å². The molecule has 1 aliphatic carbocycles. The topological polar surface area (TPSA) is 94.1 Å². The zero-order chi connectivity index (χ0) is 28.1. The van der Waals surface area contributed by atoms with E-state index in [-0.39, 0.29) is 25.0 Å². The standard InChI is InChI=1S/C30H32F2N8O/c1-19(38-8-10-39(11-9-38)29(41)20-2-3-20)21-6-7-33-23(12-21)14-27-36-24-5-4-22(13-26(24)37-27)25-15-28(35-18-34-25)40-16-30(31,32)17-40/h4-7,12-13,15,18-20H,2-3,8-11,14,16-17H2,1H3,(H,36,37). The van der Waals surface area contributed by atoms with Crippen LogP contribution in [0.1, 0.15) is 42.9 Å². The number of nitrogens with zero attached hydrogens (tertiary/aromatic N) is 7. The van der Waals surface area contributed by atoms with E-state index in [4.69, 9.17) is 4.98 Å². The number of alkyl halides is 2. The van der Waals surface area contributed by atoms with Gasteiger partial charge in [-0.3, -0.25) is 14.7 Å². The number of hydrogen-bond acceptors (Lipinski definition) is 7. The van der Waals surface area contributed by atoms with Gasteiger partial charge >= 0.3 is 0 Å². The second-order valence-electron chi connectivity index (χ2n) is 11.5. The van der Waals surface area contributed by atoms with Crippen LogP contribution in [0.15, 0.2) is 48.9 Å². The first kappa shape index (κ1) is 25.9. The second-order valence-corrected chi connectivity index (χ2v) is 11.5. The second kappa shape index (κ2) is 10.1. The maximum atomic E-state index is 13.3. The lowest BCUT2D eigenvalue weighted by molar-refractivity contribution is -0.134. The Labute approximate surface area is 236 Å². The summed E-state index contributed by atoms with van der Waals surface area (Å²) in [7, 11) is 0. The number of aromatic nitrogens is 5. The van der Waals surface area contributed by atoms with E-state index in [1.54, 1.807) is 11.0 Å². The number of fused-ring (bicyclic) bond motifs is 1. The van der Waals surface area contributed by atoms with Gasteiger partial charge in [-0.2, -0.15) is 0 Å². The number of H-pyrrole nitrogens is 1. The number of carbonyl (C=O) groups is 1. The minimum atomic E-state index is -2.66. The van der Waals surface area contributed by atoms with E-state index in [1.165, 1.54) is 11.9 Å². The van der Waals surface area contributed by atoms with Crippen LogP contribution >= 0.6 is 0 Å². The maximum absolute atomic E-state index is 13.3. The van der Waals surface area contributed by atoms with Gasteiger partial charge in [-0.05, 0) is 49.6 Å². The lowest BCUT2D eigenvalue weighted by atomic mass is 10.1. The number of anilines is 1. The quantitative estimate of drug-likeness (QED) is 0.365. The molecule has 3 aliphatic rings. The van der Waals surface area contributed by atoms with Crippen LogP contribution in [0.4, 0.5) is 14.6 Å². The monoisotopic (exact) mass is 558 g/mol. The van der Waals surface area contributed by atoms with E-state index in [0.717, 1.165) is 67.1 Å². The summed E-state index contributed by atoms with van der Waals surface area (Å²) in [6.45, 7) is 4.92. The third-order valence-electron chi connectivity index (χ3n) is 8.42. The number of pyridine rings is 1. The van der Waals surface area contributed by atoms with Gasteiger partial charge in [0, 0.05) is 68.1 Å². The highest BCUT2D eigenvalue weighted by atomic mass is 19.3. The van der Waals surface area contributed by atoms with Crippen molar-refractivity contribution in [2.75, 3.05) is 44.2 Å². The molecule has 212 valence electrons. The van der Waals surface area contributed by atoms with Crippen LogP contribution in [0.5, 0.6) is 0 Å². The van der Waals surface area contributed by atoms with Gasteiger partial charge in [-0.1, -0.05) is 6.07 Å². The SMILES string of the molecule is CC(c1ccnc(Cc2nc3ccc(-c4cc(N5CC(F)(F)C5)ncn4)cc3[nH]2)c1)N1CCN(C(=O)C2CC2)CC1. The number of imidazole rings is 1. The van der Waals surface area contributed by atoms with Gasteiger partial charge in [0.2, 0.25) is 5.91 Å². The Morgan fingerprint density at radius 3 is 2.61 bits per heavy atom. The Morgan fingerprint density at radius 2 is 1.85 bits per heavy atom. The minimum absolute atomic E-state index is 0.230. The molecule has 1 N–H and O–H groups in total. The van der Waals surface area contributed by atoms with Crippen LogP contribution in [0.2, 0.25) is 0 Å². The molecule has 7 rings (SSSR count). The smallest absolute Gasteiger partial charge is 0.282 e. The molecule has 41 heavy (non-hydrogen) atoms. The number of piperazine rings is 1. The predicted molar refractivity (Wildman–Crippen MR) is 151 cm³/mol. The van der Waals surface area contributed by atoms with Gasteiger partial charge in [0.25, 0.3) is 5.92 Å². The first-order valence-electron chi connectivity index (χ1n) is 14.2. The van der Waals surface area contributed by atoms with Crippen molar-refractivity contribution in [3.8, 4) is 11.3 Å². The molecule has 0 bridgehead atoms. The molecule has 1 saturated carbocycles. The Morgan fingerprint density at radius 1 is 1.05 bits per heavy atom. The highest BCUT2D eigenvalue weighted by Gasteiger charge is 2.44. The van der Waals surface area contributed by atoms with E-state index in [2.05, 4.69) is 43.9 Å². The summed E-state index contributed by atoms with van der Waals surface area (Å²) in [6.07, 6.45) is 5.94. The van der Waals surface area contributed by atoms with Crippen LogP contribution in [-0.2, 0) is 11.2 Å². The van der Waals surface area contributed by atoms with Crippen LogP contribution < -0.4 is 4.90 Å². The number of rotatable bonds is 7. The highest BCUT2D eigenvalue weighted by Crippen LogP contribution is 2.33. The van der Waals surface area contributed by atoms with Gasteiger partial charge in [-0.15, -0.1) is 0 Å². The summed E-state index contributed by atoms with van der Waals surface area (Å²) in [6, 6.07) is 12.0. The van der Waals surface area contributed by atoms with Crippen LogP contribution in [0.25, 0.3) is 22.3 Å². The maximum Gasteiger partial charge on any atom is 0.282 e. The number of carbonyl (C=O) groups excluding carboxylic acids is 1. The molecule has 5 heterocycles. The zero-order valence-corrected chi connectivity index (χ0v) is 22.9. The molecule has 0 radical (unpaired) electrons. The minimum Gasteiger partial charge on any atom is -0.344 e. The first-order valence-corrected chi connectivity index (χ1v) is 14.2. The number of hydrogen-bond donors (Lipinski definition) is 1. The summed E-state index contributed by atoms with van der Waals surface area (Å²) in [5.74, 6) is -0.731. The van der Waals surface area contributed by atoms with Gasteiger partial charge in [0.1, 0.15) is 18.0 Å². The summed E-state index contributed by atoms with van der Waals surface area (Å²) in [4.78, 5) is 39.7. The largest absolute Gasteiger partial charge is 0.344 e. The molecule has 1 atom stereocenters. The first-order chi connectivity index (χ1) is 19.8. The normalized spacial score (nSPS) is 19.8. The number of halogens is 2. The summed E-state index contributed by atoms with van der Waals surface area (Å²) >= 11 is 0. The number of aromatic amines is 1. The molecule has 11 heteroatoms. The van der Waals surface area contributed by atoms with Crippen molar-refractivity contribution in [3.05, 3.63) is 66.0 Å². The van der Waals surface area contributed by atoms with Crippen molar-refractivity contribution in [2.24, 2.45) is 5.92 Å². The van der Waals surface area contributed by atoms with Gasteiger partial charge in [0.15, 0.2) is 0 Å². The molecule has 9 nitrogen and oxygen atoms in total. The van der Waals surface area contributed by atoms with E-state index >= 15 is 0 Å². The summed E-state index contributed by atoms with van der Waals surface area (Å²) in [5.41, 5.74) is 5.37. The average molecular weight is 559 g/mol. The van der Waals surface area contributed by atoms with Gasteiger partial charge in [-0.25, -0.2) is 23.7 Å². The van der Waals surface area contributed by atoms with Gasteiger partial charge < -0.3 is 14.8 Å². The van der Waals surface area contributed by atoms with Crippen molar-refractivity contribution < 1.29 is 13.6 Å². The molecule has 2 aliphatic heterocycles. The van der Waals surface area contributed by atoms with Crippen LogP contribution in [0, 0.1) is 5.92 Å². The third kappa shape index (κ3) is 5.38. The van der Waals surface area contributed by atoms with Crippen LogP contribution in [-0.4, -0.2) is 85.8 Å². The summed E-state index contributed by atoms with van der Waals surface area (Å²) in [5, 5.41) is 0. The lowest BCUT2D eigenvalue weighted by Gasteiger charge is -2.39. The zero-order valence-electron chi connectivity index (χ0n) is 22.9. The number of amides is 1. The van der Waals surface area contributed by atoms with E-state index in [9.17, 15) is 13.6 Å². The van der Waals surface area contributed by atoms with Crippen molar-refractivity contribution in [3.63, 3.8) is 0 Å². The number of nitrogens with one attached hydrogen (secondary N) is 1. The van der Waals surface area contributed by atoms with Crippen molar-refractivity contribution >= 4 is 22.8 Å². The highest BCUT2D eigenvalue weighted by molar-refractivity contribution is 5.82. The Bertz CT molecular complexity index is 1590. The molecule has 0 spiro atoms. The molecular weight excluding hydrogens is 526 g/mol. The van der Waals surface area contributed by atoms with E-state index in [1.807, 2.05) is 29.3 Å². The molecule has 3 fully saturated rings. The lowest BCUT2D eigenvalue weighted by Crippen LogP contribution is -2.56. The van der Waals surface area contributed by atoms with Crippen LogP contribution in [0.3, 0.4) is 0 Å². The fourth-order valence-electron chi connectivity index (χ4n) is 5.81. The molecule has 2 saturated heterocycles. The van der Waals surface area contributed by atoms with Crippen molar-refractivity contribution in [1.29, 1.82) is 0 Å². The molecule has 1 aromatic carbocycles. The average Bonchev–Trinajstić information content (AvgIpc) is 3.75.